The lowest BCUT2D eigenvalue weighted by atomic mass is 9.92. The molecule has 2 aliphatic carbocycles. The summed E-state index contributed by atoms with van der Waals surface area (Å²) in [4.78, 5) is 21.1. The Balaban J connectivity index is 2.79. The molecule has 0 bridgehead atoms. The van der Waals surface area contributed by atoms with Crippen LogP contribution in [0.25, 0.3) is 0 Å². The van der Waals surface area contributed by atoms with Gasteiger partial charge in [-0.25, -0.2) is 9.59 Å². The topological polar surface area (TPSA) is 143 Å². The van der Waals surface area contributed by atoms with Crippen LogP contribution in [0.1, 0.15) is 0 Å². The second kappa shape index (κ2) is 6.64. The first-order valence-electron chi connectivity index (χ1n) is 6.16. The van der Waals surface area contributed by atoms with Crippen molar-refractivity contribution in [3.8, 4) is 0 Å². The highest BCUT2D eigenvalue weighted by molar-refractivity contribution is 7.74. The van der Waals surface area contributed by atoms with Gasteiger partial charge >= 0.3 is 11.9 Å². The summed E-state index contributed by atoms with van der Waals surface area (Å²) in [6, 6.07) is 0. The van der Waals surface area contributed by atoms with E-state index >= 15 is 0 Å². The first-order valence-corrected chi connectivity index (χ1v) is 8.31. The lowest BCUT2D eigenvalue weighted by Crippen LogP contribution is -2.16. The van der Waals surface area contributed by atoms with Crippen molar-refractivity contribution in [3.05, 3.63) is 58.7 Å². The zero-order valence-electron chi connectivity index (χ0n) is 11.6. The number of allylic oxidation sites excluding steroid dienone is 6. The van der Waals surface area contributed by atoms with Crippen molar-refractivity contribution < 1.29 is 36.6 Å². The Morgan fingerprint density at radius 1 is 0.667 bits per heavy atom. The number of aliphatic carboxylic acids is 2. The van der Waals surface area contributed by atoms with Gasteiger partial charge < -0.3 is 10.2 Å². The monoisotopic (exact) mass is 368 g/mol. The molecule has 0 aromatic rings. The Bertz CT molecular complexity index is 983. The molecule has 10 heteroatoms. The number of carboxylic acids is 2. The summed E-state index contributed by atoms with van der Waals surface area (Å²) in [5, 5.41) is 17.9. The average Bonchev–Trinajstić information content (AvgIpc) is 2.53. The van der Waals surface area contributed by atoms with E-state index in [-0.39, 0.29) is 22.3 Å². The second-order valence-corrected chi connectivity index (χ2v) is 6.32. The molecule has 0 unspecified atom stereocenters. The van der Waals surface area contributed by atoms with Gasteiger partial charge in [-0.1, -0.05) is 12.2 Å². The van der Waals surface area contributed by atoms with Crippen LogP contribution in [0.3, 0.4) is 0 Å². The molecule has 0 atom stereocenters. The van der Waals surface area contributed by atoms with Crippen molar-refractivity contribution in [2.75, 3.05) is 0 Å². The van der Waals surface area contributed by atoms with Crippen molar-refractivity contribution in [3.63, 3.8) is 0 Å². The zero-order chi connectivity index (χ0) is 18.0. The zero-order valence-corrected chi connectivity index (χ0v) is 13.3. The van der Waals surface area contributed by atoms with E-state index in [9.17, 15) is 26.4 Å². The van der Waals surface area contributed by atoms with Gasteiger partial charge in [-0.2, -0.15) is 16.8 Å². The second-order valence-electron chi connectivity index (χ2n) is 4.50. The normalized spacial score (nSPS) is 19.7. The van der Waals surface area contributed by atoms with Gasteiger partial charge in [-0.15, -0.1) is 0 Å². The summed E-state index contributed by atoms with van der Waals surface area (Å²) in [6.45, 7) is 0. The van der Waals surface area contributed by atoms with Crippen molar-refractivity contribution >= 4 is 42.3 Å². The van der Waals surface area contributed by atoms with Crippen molar-refractivity contribution in [2.45, 2.75) is 0 Å². The number of carbonyl (C=O) groups is 2. The van der Waals surface area contributed by atoms with Crippen molar-refractivity contribution in [1.82, 2.24) is 0 Å². The maximum Gasteiger partial charge on any atom is 0.335 e. The molecular formula is C14H8O8S2. The van der Waals surface area contributed by atoms with E-state index in [4.69, 9.17) is 10.2 Å². The molecule has 2 rings (SSSR count). The van der Waals surface area contributed by atoms with E-state index in [1.54, 1.807) is 0 Å². The smallest absolute Gasteiger partial charge is 0.335 e. The van der Waals surface area contributed by atoms with Crippen LogP contribution in [0.4, 0.5) is 0 Å². The molecule has 2 N–H and O–H groups in total. The highest BCUT2D eigenvalue weighted by atomic mass is 32.2. The summed E-state index contributed by atoms with van der Waals surface area (Å²) >= 11 is 0. The molecule has 0 aliphatic heterocycles. The molecule has 2 aliphatic rings. The Kier molecular flexibility index (Phi) is 4.81. The van der Waals surface area contributed by atoms with Crippen LogP contribution in [0.5, 0.6) is 0 Å². The van der Waals surface area contributed by atoms with Gasteiger partial charge in [0.15, 0.2) is 0 Å². The summed E-state index contributed by atoms with van der Waals surface area (Å²) < 4.78 is 45.5. The van der Waals surface area contributed by atoms with E-state index in [2.05, 4.69) is 0 Å². The average molecular weight is 368 g/mol. The first-order chi connectivity index (χ1) is 11.2. The van der Waals surface area contributed by atoms with Crippen LogP contribution in [-0.2, 0) is 30.2 Å². The molecule has 0 amide bonds. The number of carboxylic acid groups (broad SMARTS) is 2. The minimum Gasteiger partial charge on any atom is -0.478 e. The fraction of sp³-hybridized carbons (Fsp3) is 0. The van der Waals surface area contributed by atoms with E-state index in [1.165, 1.54) is 0 Å². The molecule has 0 saturated carbocycles. The summed E-state index contributed by atoms with van der Waals surface area (Å²) in [7, 11) is -5.67. The SMILES string of the molecule is O=C(O)C1=CC(=S(=O)=O)C(=C2C=CC(C(=O)O)=CC2=S(=O)=O)C=C1. The first kappa shape index (κ1) is 17.4. The maximum atomic E-state index is 11.4. The number of rotatable bonds is 2. The summed E-state index contributed by atoms with van der Waals surface area (Å²) in [6.07, 6.45) is 6.33. The minimum atomic E-state index is -2.83. The lowest BCUT2D eigenvalue weighted by Gasteiger charge is -2.14. The molecule has 0 aromatic carbocycles. The third-order valence-corrected chi connectivity index (χ3v) is 4.50. The third-order valence-electron chi connectivity index (χ3n) is 3.11. The molecule has 0 aromatic heterocycles. The van der Waals surface area contributed by atoms with Crippen LogP contribution in [0, 0.1) is 0 Å². The molecule has 0 fully saturated rings. The van der Waals surface area contributed by atoms with E-state index in [1.807, 2.05) is 0 Å². The predicted octanol–water partition coefficient (Wildman–Crippen LogP) is -0.452. The Labute approximate surface area is 138 Å². The van der Waals surface area contributed by atoms with Gasteiger partial charge in [0.25, 0.3) is 0 Å². The summed E-state index contributed by atoms with van der Waals surface area (Å²) in [5.74, 6) is -2.69. The minimum absolute atomic E-state index is 0.0514. The van der Waals surface area contributed by atoms with Gasteiger partial charge in [0.2, 0.25) is 20.6 Å². The third kappa shape index (κ3) is 3.34. The number of hydrogen-bond acceptors (Lipinski definition) is 6. The van der Waals surface area contributed by atoms with Gasteiger partial charge in [0, 0.05) is 11.1 Å². The lowest BCUT2D eigenvalue weighted by molar-refractivity contribution is -0.133. The molecule has 0 saturated heterocycles. The molecule has 0 heterocycles. The van der Waals surface area contributed by atoms with Crippen LogP contribution in [0.2, 0.25) is 0 Å². The molecule has 124 valence electrons. The van der Waals surface area contributed by atoms with E-state index < -0.39 is 42.3 Å². The van der Waals surface area contributed by atoms with Gasteiger partial charge in [-0.05, 0) is 24.3 Å². The molecule has 0 spiro atoms. The molecule has 24 heavy (non-hydrogen) atoms. The highest BCUT2D eigenvalue weighted by Crippen LogP contribution is 2.23. The quantitative estimate of drug-likeness (QED) is 0.493. The van der Waals surface area contributed by atoms with Crippen LogP contribution in [0.15, 0.2) is 58.7 Å². The molecule has 8 nitrogen and oxygen atoms in total. The Hall–Kier alpha value is -2.98. The van der Waals surface area contributed by atoms with Gasteiger partial charge in [0.05, 0.1) is 11.1 Å². The predicted molar refractivity (Wildman–Crippen MR) is 84.6 cm³/mol. The molecular weight excluding hydrogens is 360 g/mol. The number of hydrogen-bond donors (Lipinski definition) is 2. The van der Waals surface area contributed by atoms with E-state index in [0.717, 1.165) is 36.5 Å². The molecule has 0 radical (unpaired) electrons. The fourth-order valence-electron chi connectivity index (χ4n) is 2.03. The highest BCUT2D eigenvalue weighted by Gasteiger charge is 2.22. The fourth-order valence-corrected chi connectivity index (χ4v) is 3.19. The van der Waals surface area contributed by atoms with Crippen molar-refractivity contribution in [2.24, 2.45) is 0 Å². The van der Waals surface area contributed by atoms with Gasteiger partial charge in [0.1, 0.15) is 9.73 Å². The van der Waals surface area contributed by atoms with E-state index in [0.29, 0.717) is 0 Å². The Morgan fingerprint density at radius 2 is 1.00 bits per heavy atom. The van der Waals surface area contributed by atoms with Crippen LogP contribution >= 0.6 is 0 Å². The van der Waals surface area contributed by atoms with Crippen molar-refractivity contribution in [1.29, 1.82) is 0 Å². The van der Waals surface area contributed by atoms with Crippen LogP contribution < -0.4 is 0 Å². The van der Waals surface area contributed by atoms with Gasteiger partial charge in [-0.3, -0.25) is 0 Å². The maximum absolute atomic E-state index is 11.4. The Morgan fingerprint density at radius 3 is 1.25 bits per heavy atom. The largest absolute Gasteiger partial charge is 0.478 e. The standard InChI is InChI=1S/C14H8O8S2/c15-13(16)7-1-3-9(11(5-7)23(19)20)10-4-2-8(14(17)18)6-12(10)24(21)22/h1-6H,(H,15,16)(H,17,18). The van der Waals surface area contributed by atoms with Crippen LogP contribution in [-0.4, -0.2) is 48.7 Å². The summed E-state index contributed by atoms with van der Waals surface area (Å²) in [5.41, 5.74) is -0.677.